The van der Waals surface area contributed by atoms with Gasteiger partial charge in [0, 0.05) is 25.6 Å². The van der Waals surface area contributed by atoms with Crippen molar-refractivity contribution in [2.75, 3.05) is 34.8 Å². The number of hydrogen-bond donors (Lipinski definition) is 0. The summed E-state index contributed by atoms with van der Waals surface area (Å²) in [5, 5.41) is 0. The van der Waals surface area contributed by atoms with Gasteiger partial charge in [-0.25, -0.2) is 0 Å². The highest BCUT2D eigenvalue weighted by molar-refractivity contribution is 5.78. The van der Waals surface area contributed by atoms with Crippen LogP contribution in [0.25, 0.3) is 0 Å². The van der Waals surface area contributed by atoms with Gasteiger partial charge in [0.05, 0.1) is 12.2 Å². The van der Waals surface area contributed by atoms with Gasteiger partial charge in [-0.05, 0) is 54.1 Å². The van der Waals surface area contributed by atoms with E-state index in [0.29, 0.717) is 6.61 Å². The highest BCUT2D eigenvalue weighted by Crippen LogP contribution is 2.39. The van der Waals surface area contributed by atoms with Crippen molar-refractivity contribution in [1.29, 1.82) is 0 Å². The summed E-state index contributed by atoms with van der Waals surface area (Å²) in [4.78, 5) is 16.1. The van der Waals surface area contributed by atoms with Crippen molar-refractivity contribution in [3.8, 4) is 0 Å². The SMILES string of the molecule is CN(C)C(=O)C1CCC(COC(C)(C)C)(N(C)C)C1. The number of nitrogens with zero attached hydrogens (tertiary/aromatic N) is 2. The molecule has 0 radical (unpaired) electrons. The Balaban J connectivity index is 2.73. The molecule has 0 aromatic rings. The molecular weight excluding hydrogens is 240 g/mol. The van der Waals surface area contributed by atoms with Gasteiger partial charge < -0.3 is 14.5 Å². The Labute approximate surface area is 118 Å². The first-order chi connectivity index (χ1) is 8.57. The summed E-state index contributed by atoms with van der Waals surface area (Å²) in [7, 11) is 7.86. The molecule has 1 amide bonds. The van der Waals surface area contributed by atoms with Gasteiger partial charge in [0.15, 0.2) is 0 Å². The maximum Gasteiger partial charge on any atom is 0.225 e. The van der Waals surface area contributed by atoms with Crippen LogP contribution in [0.15, 0.2) is 0 Å². The average Bonchev–Trinajstić information content (AvgIpc) is 2.70. The standard InChI is InChI=1S/C15H30N2O2/c1-14(2,3)19-11-15(17(6)7)9-8-12(10-15)13(18)16(4)5/h12H,8-11H2,1-7H3. The third-order valence-electron chi connectivity index (χ3n) is 4.10. The summed E-state index contributed by atoms with van der Waals surface area (Å²) in [5.41, 5.74) is -0.129. The van der Waals surface area contributed by atoms with Crippen LogP contribution in [0.1, 0.15) is 40.0 Å². The van der Waals surface area contributed by atoms with Gasteiger partial charge in [-0.15, -0.1) is 0 Å². The van der Waals surface area contributed by atoms with Crippen molar-refractivity contribution in [1.82, 2.24) is 9.80 Å². The Bertz CT molecular complexity index is 321. The molecule has 2 unspecified atom stereocenters. The highest BCUT2D eigenvalue weighted by Gasteiger charge is 2.44. The fourth-order valence-corrected chi connectivity index (χ4v) is 2.70. The third-order valence-corrected chi connectivity index (χ3v) is 4.10. The Hall–Kier alpha value is -0.610. The molecule has 0 aromatic carbocycles. The molecule has 112 valence electrons. The van der Waals surface area contributed by atoms with Gasteiger partial charge in [-0.3, -0.25) is 4.79 Å². The zero-order valence-electron chi connectivity index (χ0n) is 13.6. The summed E-state index contributed by atoms with van der Waals surface area (Å²) in [6.45, 7) is 6.93. The second kappa shape index (κ2) is 5.80. The van der Waals surface area contributed by atoms with E-state index in [9.17, 15) is 4.79 Å². The van der Waals surface area contributed by atoms with E-state index >= 15 is 0 Å². The number of hydrogen-bond acceptors (Lipinski definition) is 3. The largest absolute Gasteiger partial charge is 0.374 e. The third kappa shape index (κ3) is 4.18. The summed E-state index contributed by atoms with van der Waals surface area (Å²) in [6.07, 6.45) is 2.89. The lowest BCUT2D eigenvalue weighted by Crippen LogP contribution is -2.48. The lowest BCUT2D eigenvalue weighted by atomic mass is 9.94. The molecular formula is C15H30N2O2. The molecule has 0 N–H and O–H groups in total. The van der Waals surface area contributed by atoms with Crippen molar-refractivity contribution in [3.05, 3.63) is 0 Å². The molecule has 2 atom stereocenters. The summed E-state index contributed by atoms with van der Waals surface area (Å²) in [6, 6.07) is 0. The fraction of sp³-hybridized carbons (Fsp3) is 0.933. The first-order valence-electron chi connectivity index (χ1n) is 7.10. The molecule has 0 aliphatic heterocycles. The molecule has 4 nitrogen and oxygen atoms in total. The predicted molar refractivity (Wildman–Crippen MR) is 78.2 cm³/mol. The summed E-state index contributed by atoms with van der Waals surface area (Å²) < 4.78 is 6.00. The van der Waals surface area contributed by atoms with Crippen LogP contribution in [0, 0.1) is 5.92 Å². The summed E-state index contributed by atoms with van der Waals surface area (Å²) >= 11 is 0. The van der Waals surface area contributed by atoms with Gasteiger partial charge in [-0.2, -0.15) is 0 Å². The van der Waals surface area contributed by atoms with E-state index in [1.807, 2.05) is 14.1 Å². The maximum atomic E-state index is 12.1. The van der Waals surface area contributed by atoms with E-state index in [4.69, 9.17) is 4.74 Å². The van der Waals surface area contributed by atoms with Crippen LogP contribution >= 0.6 is 0 Å². The monoisotopic (exact) mass is 270 g/mol. The number of likely N-dealkylation sites (N-methyl/N-ethyl adjacent to an activating group) is 1. The van der Waals surface area contributed by atoms with Crippen molar-refractivity contribution in [3.63, 3.8) is 0 Å². The molecule has 1 aliphatic carbocycles. The van der Waals surface area contributed by atoms with E-state index < -0.39 is 0 Å². The second-order valence-corrected chi connectivity index (χ2v) is 7.19. The molecule has 0 saturated heterocycles. The molecule has 0 spiro atoms. The molecule has 0 bridgehead atoms. The quantitative estimate of drug-likeness (QED) is 0.783. The van der Waals surface area contributed by atoms with Crippen molar-refractivity contribution in [2.45, 2.75) is 51.2 Å². The number of rotatable bonds is 4. The fourth-order valence-electron chi connectivity index (χ4n) is 2.70. The van der Waals surface area contributed by atoms with Crippen molar-refractivity contribution in [2.24, 2.45) is 5.92 Å². The van der Waals surface area contributed by atoms with E-state index in [-0.39, 0.29) is 23.0 Å². The Kier molecular flexibility index (Phi) is 5.02. The van der Waals surface area contributed by atoms with Gasteiger partial charge >= 0.3 is 0 Å². The molecule has 1 aliphatic rings. The molecule has 0 aromatic heterocycles. The second-order valence-electron chi connectivity index (χ2n) is 7.19. The Morgan fingerprint density at radius 3 is 2.26 bits per heavy atom. The molecule has 0 heterocycles. The number of amides is 1. The molecule has 19 heavy (non-hydrogen) atoms. The van der Waals surface area contributed by atoms with Gasteiger partial charge in [-0.1, -0.05) is 0 Å². The lowest BCUT2D eigenvalue weighted by Gasteiger charge is -2.38. The van der Waals surface area contributed by atoms with Gasteiger partial charge in [0.1, 0.15) is 0 Å². The number of carbonyl (C=O) groups is 1. The lowest BCUT2D eigenvalue weighted by molar-refractivity contribution is -0.133. The van der Waals surface area contributed by atoms with E-state index in [2.05, 4.69) is 39.8 Å². The molecule has 1 fully saturated rings. The first kappa shape index (κ1) is 16.4. The summed E-state index contributed by atoms with van der Waals surface area (Å²) in [5.74, 6) is 0.389. The predicted octanol–water partition coefficient (Wildman–Crippen LogP) is 1.99. The minimum atomic E-state index is -0.132. The van der Waals surface area contributed by atoms with Gasteiger partial charge in [0.2, 0.25) is 5.91 Å². The number of ether oxygens (including phenoxy) is 1. The van der Waals surface area contributed by atoms with Crippen LogP contribution in [0.5, 0.6) is 0 Å². The number of carbonyl (C=O) groups excluding carboxylic acids is 1. The zero-order chi connectivity index (χ0) is 14.8. The van der Waals surface area contributed by atoms with Crippen LogP contribution in [0.3, 0.4) is 0 Å². The normalized spacial score (nSPS) is 27.9. The molecule has 4 heteroatoms. The maximum absolute atomic E-state index is 12.1. The minimum absolute atomic E-state index is 0.00359. The van der Waals surface area contributed by atoms with Crippen molar-refractivity contribution >= 4 is 5.91 Å². The van der Waals surface area contributed by atoms with Crippen LogP contribution in [0.2, 0.25) is 0 Å². The molecule has 1 rings (SSSR count). The zero-order valence-corrected chi connectivity index (χ0v) is 13.6. The van der Waals surface area contributed by atoms with E-state index in [1.165, 1.54) is 0 Å². The van der Waals surface area contributed by atoms with Gasteiger partial charge in [0.25, 0.3) is 0 Å². The topological polar surface area (TPSA) is 32.8 Å². The first-order valence-corrected chi connectivity index (χ1v) is 7.10. The minimum Gasteiger partial charge on any atom is -0.374 e. The Morgan fingerprint density at radius 2 is 1.84 bits per heavy atom. The highest BCUT2D eigenvalue weighted by atomic mass is 16.5. The van der Waals surface area contributed by atoms with Crippen LogP contribution in [-0.2, 0) is 9.53 Å². The van der Waals surface area contributed by atoms with E-state index in [0.717, 1.165) is 19.3 Å². The van der Waals surface area contributed by atoms with E-state index in [1.54, 1.807) is 4.90 Å². The van der Waals surface area contributed by atoms with Crippen LogP contribution in [0.4, 0.5) is 0 Å². The van der Waals surface area contributed by atoms with Crippen molar-refractivity contribution < 1.29 is 9.53 Å². The Morgan fingerprint density at radius 1 is 1.26 bits per heavy atom. The van der Waals surface area contributed by atoms with Crippen LogP contribution in [-0.4, -0.2) is 61.6 Å². The molecule has 1 saturated carbocycles. The smallest absolute Gasteiger partial charge is 0.225 e. The van der Waals surface area contributed by atoms with Crippen LogP contribution < -0.4 is 0 Å². The average molecular weight is 270 g/mol.